The molecule has 2 saturated heterocycles. The molecule has 55 heavy (non-hydrogen) atoms. The zero-order chi connectivity index (χ0) is 41.2. The fourth-order valence-corrected chi connectivity index (χ4v) is 4.57. The van der Waals surface area contributed by atoms with E-state index in [0.29, 0.717) is 0 Å². The van der Waals surface area contributed by atoms with E-state index in [-0.39, 0.29) is 0 Å². The fraction of sp³-hybridized carbons (Fsp3) is 0.714. The van der Waals surface area contributed by atoms with Gasteiger partial charge in [-0.3, -0.25) is 0 Å². The smallest absolute Gasteiger partial charge is 0.438 e. The van der Waals surface area contributed by atoms with Crippen LogP contribution in [0.5, 0.6) is 0 Å². The third kappa shape index (κ3) is 13.1. The minimum absolute atomic E-state index is 0.874. The van der Waals surface area contributed by atoms with Crippen molar-refractivity contribution >= 4 is 49.2 Å². The maximum absolute atomic E-state index is 12.6. The predicted molar refractivity (Wildman–Crippen MR) is 159 cm³/mol. The average molecular weight is 807 g/mol. The zero-order valence-corrected chi connectivity index (χ0v) is 30.2. The minimum atomic E-state index is -2.17. The molecule has 2 aliphatic heterocycles. The summed E-state index contributed by atoms with van der Waals surface area (Å²) in [4.78, 5) is 98.7. The second kappa shape index (κ2) is 22.3. The Kier molecular flexibility index (Phi) is 18.3. The first-order valence-electron chi connectivity index (χ1n) is 15.1. The van der Waals surface area contributed by atoms with Gasteiger partial charge in [0, 0.05) is 0 Å². The second-order valence-electron chi connectivity index (χ2n) is 9.97. The normalized spacial score (nSPS) is 26.8. The van der Waals surface area contributed by atoms with E-state index in [0.717, 1.165) is 56.9 Å². The molecule has 27 heteroatoms. The zero-order valence-electron chi connectivity index (χ0n) is 30.2. The van der Waals surface area contributed by atoms with Crippen molar-refractivity contribution in [1.29, 1.82) is 0 Å². The van der Waals surface area contributed by atoms with E-state index in [1.165, 1.54) is 0 Å². The summed E-state index contributed by atoms with van der Waals surface area (Å²) in [5.41, 5.74) is 0. The van der Waals surface area contributed by atoms with E-state index >= 15 is 0 Å². The lowest BCUT2D eigenvalue weighted by Crippen LogP contribution is -2.67. The molecule has 1 unspecified atom stereocenters. The van der Waals surface area contributed by atoms with Crippen molar-refractivity contribution in [3.63, 3.8) is 0 Å². The highest BCUT2D eigenvalue weighted by Crippen LogP contribution is 2.36. The highest BCUT2D eigenvalue weighted by molar-refractivity contribution is 5.64. The topological polar surface area (TPSA) is 312 Å². The Morgan fingerprint density at radius 3 is 1.04 bits per heavy atom. The van der Waals surface area contributed by atoms with Gasteiger partial charge in [-0.05, 0) is 0 Å². The number of hydrogen-bond acceptors (Lipinski definition) is 27. The highest BCUT2D eigenvalue weighted by atomic mass is 16.8. The quantitative estimate of drug-likeness (QED) is 0.195. The Morgan fingerprint density at radius 1 is 0.345 bits per heavy atom. The van der Waals surface area contributed by atoms with E-state index in [4.69, 9.17) is 52.1 Å². The Bertz CT molecular complexity index is 1340. The molecular formula is C28H38O27. The lowest BCUT2D eigenvalue weighted by atomic mass is 9.96. The molecule has 0 aromatic carbocycles. The molecule has 0 aliphatic carbocycles. The van der Waals surface area contributed by atoms with Gasteiger partial charge in [0.15, 0.2) is 30.7 Å². The van der Waals surface area contributed by atoms with Crippen molar-refractivity contribution in [2.24, 2.45) is 0 Å². The van der Waals surface area contributed by atoms with E-state index in [1.54, 1.807) is 0 Å². The van der Waals surface area contributed by atoms with Crippen LogP contribution in [0.15, 0.2) is 0 Å². The van der Waals surface area contributed by atoms with E-state index in [9.17, 15) is 38.4 Å². The standard InChI is InChI=1S/C28H38O27/c1-37-21(29)45-9-11-13(15(51-24(32)40-4)18(54-27(35)43-7)20(48-11)55-28(36)44-8)49-19-17(53-26(34)42-6)16(52-25(33)41-5)14(50-23(31)39-3)12(47-19)10-46-22(30)38-2/h11-20H,9-10H2,1-8H3/t11-,12-,13-,14-,15+,16+,17-,18-,19-,20?/m1/s1. The van der Waals surface area contributed by atoms with Gasteiger partial charge < -0.3 is 90.0 Å². The van der Waals surface area contributed by atoms with Crippen LogP contribution in [0.2, 0.25) is 0 Å². The van der Waals surface area contributed by atoms with Crippen molar-refractivity contribution in [2.75, 3.05) is 70.1 Å². The number of methoxy groups -OCH3 is 8. The third-order valence-corrected chi connectivity index (χ3v) is 6.91. The molecule has 0 amide bonds. The van der Waals surface area contributed by atoms with Crippen molar-refractivity contribution < 1.29 is 128 Å². The molecule has 312 valence electrons. The summed E-state index contributed by atoms with van der Waals surface area (Å²) >= 11 is 0. The van der Waals surface area contributed by atoms with Crippen molar-refractivity contribution in [2.45, 2.75) is 61.4 Å². The molecule has 0 radical (unpaired) electrons. The van der Waals surface area contributed by atoms with Crippen LogP contribution in [-0.2, 0) is 90.0 Å². The van der Waals surface area contributed by atoms with E-state index in [1.807, 2.05) is 0 Å². The maximum Gasteiger partial charge on any atom is 0.510 e. The van der Waals surface area contributed by atoms with Crippen LogP contribution in [0, 0.1) is 0 Å². The van der Waals surface area contributed by atoms with Crippen LogP contribution >= 0.6 is 0 Å². The van der Waals surface area contributed by atoms with E-state index in [2.05, 4.69) is 37.9 Å². The summed E-state index contributed by atoms with van der Waals surface area (Å²) < 4.78 is 95.4. The van der Waals surface area contributed by atoms with Gasteiger partial charge in [0.05, 0.1) is 56.9 Å². The van der Waals surface area contributed by atoms with Crippen LogP contribution in [0.3, 0.4) is 0 Å². The molecule has 0 spiro atoms. The summed E-state index contributed by atoms with van der Waals surface area (Å²) in [5.74, 6) is 0. The molecule has 0 saturated carbocycles. The van der Waals surface area contributed by atoms with Crippen LogP contribution in [-0.4, -0.2) is 181 Å². The Morgan fingerprint density at radius 2 is 0.636 bits per heavy atom. The molecule has 2 fully saturated rings. The van der Waals surface area contributed by atoms with Crippen LogP contribution in [0.1, 0.15) is 0 Å². The molecule has 10 atom stereocenters. The average Bonchev–Trinajstić information content (AvgIpc) is 3.19. The van der Waals surface area contributed by atoms with Gasteiger partial charge in [-0.1, -0.05) is 0 Å². The summed E-state index contributed by atoms with van der Waals surface area (Å²) in [6.45, 7) is -1.80. The third-order valence-electron chi connectivity index (χ3n) is 6.91. The molecule has 0 aromatic heterocycles. The molecule has 2 rings (SSSR count). The number of hydrogen-bond donors (Lipinski definition) is 0. The summed E-state index contributed by atoms with van der Waals surface area (Å²) in [6.07, 6.45) is -31.3. The molecule has 2 aliphatic rings. The molecule has 0 bridgehead atoms. The van der Waals surface area contributed by atoms with Crippen LogP contribution in [0.25, 0.3) is 0 Å². The number of carbonyl (C=O) groups is 8. The Labute approximate surface area is 309 Å². The van der Waals surface area contributed by atoms with Gasteiger partial charge in [-0.15, -0.1) is 0 Å². The van der Waals surface area contributed by atoms with Crippen LogP contribution < -0.4 is 0 Å². The monoisotopic (exact) mass is 806 g/mol. The van der Waals surface area contributed by atoms with Crippen molar-refractivity contribution in [3.8, 4) is 0 Å². The molecule has 2 heterocycles. The number of ether oxygens (including phenoxy) is 19. The predicted octanol–water partition coefficient (Wildman–Crippen LogP) is 0.928. The van der Waals surface area contributed by atoms with Gasteiger partial charge in [-0.25, -0.2) is 38.4 Å². The Balaban J connectivity index is 2.87. The van der Waals surface area contributed by atoms with Gasteiger partial charge in [-0.2, -0.15) is 0 Å². The minimum Gasteiger partial charge on any atom is -0.438 e. The van der Waals surface area contributed by atoms with Gasteiger partial charge in [0.2, 0.25) is 12.4 Å². The molecular weight excluding hydrogens is 768 g/mol. The largest absolute Gasteiger partial charge is 0.510 e. The lowest BCUT2D eigenvalue weighted by molar-refractivity contribution is -0.355. The summed E-state index contributed by atoms with van der Waals surface area (Å²) in [6, 6.07) is 0. The summed E-state index contributed by atoms with van der Waals surface area (Å²) in [7, 11) is 7.22. The summed E-state index contributed by atoms with van der Waals surface area (Å²) in [5, 5.41) is 0. The number of rotatable bonds is 12. The first-order valence-corrected chi connectivity index (χ1v) is 15.1. The number of carbonyl (C=O) groups excluding carboxylic acids is 8. The SMILES string of the molecule is COC(=O)OC[C@H]1O[C@H](O[C@H]2[C@H](OC(=O)OC)[C@@H](OC(=O)OC)C(OC(=O)OC)O[C@@H]2COC(=O)OC)[C@H](OC(=O)OC)[C@@H](OC(=O)OC)[C@@H]1OC(=O)OC. The highest BCUT2D eigenvalue weighted by Gasteiger charge is 2.59. The fourth-order valence-electron chi connectivity index (χ4n) is 4.57. The van der Waals surface area contributed by atoms with Gasteiger partial charge in [0.25, 0.3) is 0 Å². The van der Waals surface area contributed by atoms with Gasteiger partial charge >= 0.3 is 49.2 Å². The first-order chi connectivity index (χ1) is 26.2. The maximum atomic E-state index is 12.6. The van der Waals surface area contributed by atoms with Gasteiger partial charge in [0.1, 0.15) is 31.5 Å². The van der Waals surface area contributed by atoms with E-state index < -0.39 is 124 Å². The first kappa shape index (κ1) is 45.2. The second-order valence-corrected chi connectivity index (χ2v) is 9.97. The Hall–Kier alpha value is -5.96. The lowest BCUT2D eigenvalue weighted by Gasteiger charge is -2.47. The van der Waals surface area contributed by atoms with Crippen molar-refractivity contribution in [1.82, 2.24) is 0 Å². The van der Waals surface area contributed by atoms with Crippen LogP contribution in [0.4, 0.5) is 38.4 Å². The molecule has 27 nitrogen and oxygen atoms in total. The molecule has 0 N–H and O–H groups in total. The van der Waals surface area contributed by atoms with Crippen molar-refractivity contribution in [3.05, 3.63) is 0 Å². The molecule has 0 aromatic rings.